The maximum Gasteiger partial charge on any atom is 0.0553 e. The molecule has 3 unspecified atom stereocenters. The van der Waals surface area contributed by atoms with Gasteiger partial charge in [-0.2, -0.15) is 0 Å². The van der Waals surface area contributed by atoms with E-state index in [1.54, 1.807) is 0 Å². The summed E-state index contributed by atoms with van der Waals surface area (Å²) in [4.78, 5) is 2.65. The first-order valence-electron chi connectivity index (χ1n) is 9.34. The average molecular weight is 294 g/mol. The predicted octanol–water partition coefficient (Wildman–Crippen LogP) is 2.64. The van der Waals surface area contributed by atoms with Crippen molar-refractivity contribution in [3.05, 3.63) is 0 Å². The van der Waals surface area contributed by atoms with Gasteiger partial charge < -0.3 is 15.3 Å². The molecule has 0 amide bonds. The molecule has 2 saturated carbocycles. The molecule has 3 heteroatoms. The van der Waals surface area contributed by atoms with Crippen LogP contribution in [0.2, 0.25) is 0 Å². The topological polar surface area (TPSA) is 35.5 Å². The molecular weight excluding hydrogens is 260 g/mol. The van der Waals surface area contributed by atoms with E-state index in [2.05, 4.69) is 10.2 Å². The number of aliphatic hydroxyl groups excluding tert-OH is 1. The van der Waals surface area contributed by atoms with Crippen LogP contribution in [0.25, 0.3) is 0 Å². The summed E-state index contributed by atoms with van der Waals surface area (Å²) in [5.41, 5.74) is 0. The van der Waals surface area contributed by atoms with E-state index in [9.17, 15) is 5.11 Å². The molecule has 1 aliphatic heterocycles. The van der Waals surface area contributed by atoms with Crippen molar-refractivity contribution in [1.29, 1.82) is 0 Å². The van der Waals surface area contributed by atoms with Crippen LogP contribution in [0.1, 0.15) is 58.3 Å². The third kappa shape index (κ3) is 4.43. The zero-order valence-electron chi connectivity index (χ0n) is 13.8. The van der Waals surface area contributed by atoms with Gasteiger partial charge in [0, 0.05) is 25.7 Å². The highest BCUT2D eigenvalue weighted by molar-refractivity contribution is 4.88. The molecule has 0 aromatic rings. The first kappa shape index (κ1) is 15.8. The molecule has 1 heterocycles. The average Bonchev–Trinajstić information content (AvgIpc) is 2.89. The molecule has 3 nitrogen and oxygen atoms in total. The van der Waals surface area contributed by atoms with Crippen LogP contribution in [0.5, 0.6) is 0 Å². The Morgan fingerprint density at radius 1 is 1.05 bits per heavy atom. The van der Waals surface area contributed by atoms with Crippen molar-refractivity contribution < 1.29 is 5.11 Å². The van der Waals surface area contributed by atoms with Crippen LogP contribution in [-0.4, -0.2) is 48.3 Å². The van der Waals surface area contributed by atoms with Crippen molar-refractivity contribution in [2.45, 2.75) is 70.4 Å². The second-order valence-corrected chi connectivity index (χ2v) is 8.01. The lowest BCUT2D eigenvalue weighted by molar-refractivity contribution is 0.0404. The van der Waals surface area contributed by atoms with Crippen LogP contribution in [0, 0.1) is 17.8 Å². The van der Waals surface area contributed by atoms with E-state index in [4.69, 9.17) is 0 Å². The molecule has 3 fully saturated rings. The van der Waals surface area contributed by atoms with Gasteiger partial charge in [0.15, 0.2) is 0 Å². The van der Waals surface area contributed by atoms with E-state index >= 15 is 0 Å². The highest BCUT2D eigenvalue weighted by Gasteiger charge is 2.31. The molecule has 21 heavy (non-hydrogen) atoms. The molecule has 0 aromatic carbocycles. The lowest BCUT2D eigenvalue weighted by Gasteiger charge is -2.41. The van der Waals surface area contributed by atoms with Crippen LogP contribution in [0.3, 0.4) is 0 Å². The number of rotatable bonds is 6. The minimum absolute atomic E-state index is 0.163. The van der Waals surface area contributed by atoms with Gasteiger partial charge in [-0.15, -0.1) is 0 Å². The summed E-state index contributed by atoms with van der Waals surface area (Å²) in [5.74, 6) is 2.31. The first-order chi connectivity index (χ1) is 10.2. The third-order valence-corrected chi connectivity index (χ3v) is 6.15. The molecule has 0 spiro atoms. The van der Waals surface area contributed by atoms with Crippen molar-refractivity contribution in [1.82, 2.24) is 10.2 Å². The Morgan fingerprint density at radius 3 is 2.38 bits per heavy atom. The van der Waals surface area contributed by atoms with Crippen molar-refractivity contribution >= 4 is 0 Å². The summed E-state index contributed by atoms with van der Waals surface area (Å²) in [6.45, 7) is 6.76. The Kier molecular flexibility index (Phi) is 5.58. The molecule has 3 aliphatic rings. The largest absolute Gasteiger partial charge is 0.393 e. The van der Waals surface area contributed by atoms with E-state index in [1.165, 1.54) is 64.6 Å². The number of hydrogen-bond donors (Lipinski definition) is 2. The molecule has 0 aromatic heterocycles. The van der Waals surface area contributed by atoms with Crippen molar-refractivity contribution in [2.75, 3.05) is 26.2 Å². The quantitative estimate of drug-likeness (QED) is 0.790. The van der Waals surface area contributed by atoms with Crippen LogP contribution < -0.4 is 5.32 Å². The summed E-state index contributed by atoms with van der Waals surface area (Å²) in [6, 6.07) is 0.598. The van der Waals surface area contributed by atoms with E-state index < -0.39 is 0 Å². The van der Waals surface area contributed by atoms with E-state index in [-0.39, 0.29) is 6.10 Å². The number of hydrogen-bond acceptors (Lipinski definition) is 3. The summed E-state index contributed by atoms with van der Waals surface area (Å²) in [5, 5.41) is 13.9. The molecule has 1 saturated heterocycles. The number of likely N-dealkylation sites (tertiary alicyclic amines) is 1. The molecule has 2 N–H and O–H groups in total. The molecule has 3 atom stereocenters. The van der Waals surface area contributed by atoms with E-state index in [0.717, 1.165) is 24.8 Å². The van der Waals surface area contributed by atoms with Crippen molar-refractivity contribution in [3.63, 3.8) is 0 Å². The summed E-state index contributed by atoms with van der Waals surface area (Å²) < 4.78 is 0. The molecule has 0 bridgehead atoms. The zero-order valence-corrected chi connectivity index (χ0v) is 13.8. The van der Waals surface area contributed by atoms with Gasteiger partial charge in [-0.1, -0.05) is 19.3 Å². The number of nitrogens with one attached hydrogen (secondary N) is 1. The van der Waals surface area contributed by atoms with Crippen LogP contribution in [0.15, 0.2) is 0 Å². The number of piperidine rings is 1. The van der Waals surface area contributed by atoms with Gasteiger partial charge in [-0.05, 0) is 63.3 Å². The molecular formula is C18H34N2O. The minimum atomic E-state index is -0.163. The predicted molar refractivity (Wildman–Crippen MR) is 87.3 cm³/mol. The van der Waals surface area contributed by atoms with Gasteiger partial charge in [0.1, 0.15) is 0 Å². The summed E-state index contributed by atoms with van der Waals surface area (Å²) in [6.07, 6.45) is 11.0. The summed E-state index contributed by atoms with van der Waals surface area (Å²) >= 11 is 0. The Labute approximate surface area is 130 Å². The smallest absolute Gasteiger partial charge is 0.0553 e. The van der Waals surface area contributed by atoms with Crippen LogP contribution >= 0.6 is 0 Å². The molecule has 0 radical (unpaired) electrons. The van der Waals surface area contributed by atoms with Gasteiger partial charge in [0.05, 0.1) is 6.10 Å². The molecule has 2 aliphatic carbocycles. The van der Waals surface area contributed by atoms with Crippen molar-refractivity contribution in [2.24, 2.45) is 17.8 Å². The van der Waals surface area contributed by atoms with Gasteiger partial charge >= 0.3 is 0 Å². The minimum Gasteiger partial charge on any atom is -0.393 e. The van der Waals surface area contributed by atoms with E-state index in [0.29, 0.717) is 12.0 Å². The van der Waals surface area contributed by atoms with Gasteiger partial charge in [0.2, 0.25) is 0 Å². The second-order valence-electron chi connectivity index (χ2n) is 8.01. The van der Waals surface area contributed by atoms with E-state index in [1.807, 2.05) is 6.92 Å². The lowest BCUT2D eigenvalue weighted by Crippen LogP contribution is -2.53. The highest BCUT2D eigenvalue weighted by atomic mass is 16.3. The molecule has 122 valence electrons. The fourth-order valence-corrected chi connectivity index (χ4v) is 4.47. The maximum atomic E-state index is 10.1. The standard InChI is InChI=1S/C18H34N2O/c1-14(21)17-9-18(19-10-15-7-4-8-15)13-20(12-17)11-16-5-2-3-6-16/h14-19,21H,2-13H2,1H3. The fraction of sp³-hybridized carbons (Fsp3) is 1.00. The van der Waals surface area contributed by atoms with Gasteiger partial charge in [-0.25, -0.2) is 0 Å². The monoisotopic (exact) mass is 294 g/mol. The highest BCUT2D eigenvalue weighted by Crippen LogP contribution is 2.29. The fourth-order valence-electron chi connectivity index (χ4n) is 4.47. The van der Waals surface area contributed by atoms with Crippen LogP contribution in [-0.2, 0) is 0 Å². The van der Waals surface area contributed by atoms with Crippen molar-refractivity contribution in [3.8, 4) is 0 Å². The molecule has 3 rings (SSSR count). The zero-order chi connectivity index (χ0) is 14.7. The Hall–Kier alpha value is -0.120. The van der Waals surface area contributed by atoms with Gasteiger partial charge in [0.25, 0.3) is 0 Å². The number of nitrogens with zero attached hydrogens (tertiary/aromatic N) is 1. The SMILES string of the molecule is CC(O)C1CC(NCC2CCC2)CN(CC2CCCC2)C1. The first-order valence-corrected chi connectivity index (χ1v) is 9.34. The second kappa shape index (κ2) is 7.43. The number of aliphatic hydroxyl groups is 1. The maximum absolute atomic E-state index is 10.1. The Balaban J connectivity index is 1.49. The van der Waals surface area contributed by atoms with Gasteiger partial charge in [-0.3, -0.25) is 0 Å². The Morgan fingerprint density at radius 2 is 1.76 bits per heavy atom. The lowest BCUT2D eigenvalue weighted by atomic mass is 9.84. The Bertz CT molecular complexity index is 308. The van der Waals surface area contributed by atoms with Crippen LogP contribution in [0.4, 0.5) is 0 Å². The third-order valence-electron chi connectivity index (χ3n) is 6.15. The summed E-state index contributed by atoms with van der Waals surface area (Å²) in [7, 11) is 0. The normalized spacial score (nSPS) is 34.0.